The van der Waals surface area contributed by atoms with Crippen molar-refractivity contribution in [1.82, 2.24) is 25.2 Å². The molecule has 2 heterocycles. The third-order valence-electron chi connectivity index (χ3n) is 3.03. The minimum atomic E-state index is -3.35. The third kappa shape index (κ3) is 3.17. The zero-order valence-corrected chi connectivity index (χ0v) is 12.4. The Labute approximate surface area is 127 Å². The summed E-state index contributed by atoms with van der Waals surface area (Å²) < 4.78 is 24.4. The van der Waals surface area contributed by atoms with Crippen molar-refractivity contribution in [3.05, 3.63) is 54.9 Å². The molecule has 0 fully saturated rings. The van der Waals surface area contributed by atoms with E-state index in [4.69, 9.17) is 0 Å². The van der Waals surface area contributed by atoms with Gasteiger partial charge in [-0.05, 0) is 29.5 Å². The summed E-state index contributed by atoms with van der Waals surface area (Å²) >= 11 is 0. The Morgan fingerprint density at radius 1 is 1.05 bits per heavy atom. The molecule has 0 bridgehead atoms. The van der Waals surface area contributed by atoms with E-state index < -0.39 is 9.84 Å². The molecule has 0 N–H and O–H groups in total. The van der Waals surface area contributed by atoms with Crippen molar-refractivity contribution in [2.75, 3.05) is 5.75 Å². The quantitative estimate of drug-likeness (QED) is 0.703. The topological polar surface area (TPSA) is 90.6 Å². The van der Waals surface area contributed by atoms with Crippen LogP contribution in [0.2, 0.25) is 0 Å². The van der Waals surface area contributed by atoms with Crippen molar-refractivity contribution < 1.29 is 8.42 Å². The maximum atomic E-state index is 12.2. The fourth-order valence-electron chi connectivity index (χ4n) is 1.90. The van der Waals surface area contributed by atoms with Gasteiger partial charge in [0.15, 0.2) is 9.84 Å². The van der Waals surface area contributed by atoms with Crippen LogP contribution in [-0.2, 0) is 16.4 Å². The van der Waals surface area contributed by atoms with Crippen LogP contribution < -0.4 is 0 Å². The molecule has 0 amide bonds. The smallest absolute Gasteiger partial charge is 0.206 e. The molecule has 0 aliphatic heterocycles. The van der Waals surface area contributed by atoms with Gasteiger partial charge < -0.3 is 0 Å². The number of nitrogens with zero attached hydrogens (tertiary/aromatic N) is 5. The molecule has 0 unspecified atom stereocenters. The Morgan fingerprint density at radius 3 is 2.59 bits per heavy atom. The van der Waals surface area contributed by atoms with Gasteiger partial charge in [-0.2, -0.15) is 4.80 Å². The van der Waals surface area contributed by atoms with E-state index in [1.807, 2.05) is 6.07 Å². The average Bonchev–Trinajstić information content (AvgIpc) is 3.04. The van der Waals surface area contributed by atoms with Gasteiger partial charge in [0.1, 0.15) is 0 Å². The van der Waals surface area contributed by atoms with Gasteiger partial charge in [-0.15, -0.1) is 10.2 Å². The van der Waals surface area contributed by atoms with Crippen molar-refractivity contribution in [2.45, 2.75) is 11.4 Å². The van der Waals surface area contributed by atoms with E-state index >= 15 is 0 Å². The van der Waals surface area contributed by atoms with E-state index in [-0.39, 0.29) is 12.3 Å². The maximum Gasteiger partial charge on any atom is 0.206 e. The standard InChI is InChI=1S/C14H13N5O2S/c20-22(21,13-6-2-1-3-7-13)10-9-19-17-14(16-18-19)12-5-4-8-15-11-12/h1-8,11H,9-10H2. The highest BCUT2D eigenvalue weighted by atomic mass is 32.2. The Balaban J connectivity index is 1.72. The van der Waals surface area contributed by atoms with Crippen LogP contribution in [0, 0.1) is 0 Å². The van der Waals surface area contributed by atoms with Crippen molar-refractivity contribution in [3.8, 4) is 11.4 Å². The predicted molar refractivity (Wildman–Crippen MR) is 79.5 cm³/mol. The molecule has 1 aromatic carbocycles. The van der Waals surface area contributed by atoms with Crippen molar-refractivity contribution in [2.24, 2.45) is 0 Å². The fourth-order valence-corrected chi connectivity index (χ4v) is 3.11. The van der Waals surface area contributed by atoms with Crippen LogP contribution in [0.25, 0.3) is 11.4 Å². The zero-order valence-electron chi connectivity index (χ0n) is 11.6. The minimum Gasteiger partial charge on any atom is -0.264 e. The van der Waals surface area contributed by atoms with Crippen LogP contribution in [0.1, 0.15) is 0 Å². The van der Waals surface area contributed by atoms with Crippen LogP contribution in [0.4, 0.5) is 0 Å². The summed E-state index contributed by atoms with van der Waals surface area (Å²) in [6.07, 6.45) is 3.28. The molecule has 0 aliphatic rings. The first-order valence-electron chi connectivity index (χ1n) is 6.61. The molecule has 0 atom stereocenters. The number of aromatic nitrogens is 5. The first kappa shape index (κ1) is 14.3. The fraction of sp³-hybridized carbons (Fsp3) is 0.143. The molecule has 0 radical (unpaired) electrons. The van der Waals surface area contributed by atoms with Crippen LogP contribution >= 0.6 is 0 Å². The lowest BCUT2D eigenvalue weighted by molar-refractivity contribution is 0.538. The maximum absolute atomic E-state index is 12.2. The lowest BCUT2D eigenvalue weighted by Crippen LogP contribution is -2.15. The molecule has 22 heavy (non-hydrogen) atoms. The third-order valence-corrected chi connectivity index (χ3v) is 4.75. The van der Waals surface area contributed by atoms with Gasteiger partial charge in [-0.3, -0.25) is 4.98 Å². The van der Waals surface area contributed by atoms with Crippen LogP contribution in [0.15, 0.2) is 59.8 Å². The van der Waals surface area contributed by atoms with Crippen molar-refractivity contribution in [3.63, 3.8) is 0 Å². The van der Waals surface area contributed by atoms with Gasteiger partial charge >= 0.3 is 0 Å². The Bertz CT molecular complexity index is 847. The largest absolute Gasteiger partial charge is 0.264 e. The highest BCUT2D eigenvalue weighted by Crippen LogP contribution is 2.12. The monoisotopic (exact) mass is 315 g/mol. The summed E-state index contributed by atoms with van der Waals surface area (Å²) in [5.74, 6) is 0.338. The SMILES string of the molecule is O=S(=O)(CCn1nnc(-c2cccnc2)n1)c1ccccc1. The normalized spacial score (nSPS) is 11.5. The Hall–Kier alpha value is -2.61. The van der Waals surface area contributed by atoms with Gasteiger partial charge in [0.2, 0.25) is 5.82 Å². The van der Waals surface area contributed by atoms with Gasteiger partial charge in [0.25, 0.3) is 0 Å². The molecular formula is C14H13N5O2S. The lowest BCUT2D eigenvalue weighted by atomic mass is 10.3. The van der Waals surface area contributed by atoms with E-state index in [0.29, 0.717) is 10.7 Å². The van der Waals surface area contributed by atoms with E-state index in [1.165, 1.54) is 4.80 Å². The molecule has 0 aliphatic carbocycles. The van der Waals surface area contributed by atoms with E-state index in [0.717, 1.165) is 5.56 Å². The van der Waals surface area contributed by atoms with Gasteiger partial charge in [-0.25, -0.2) is 8.42 Å². The van der Waals surface area contributed by atoms with Crippen LogP contribution in [-0.4, -0.2) is 39.4 Å². The summed E-state index contributed by atoms with van der Waals surface area (Å²) in [6, 6.07) is 11.9. The van der Waals surface area contributed by atoms with E-state index in [9.17, 15) is 8.42 Å². The lowest BCUT2D eigenvalue weighted by Gasteiger charge is -2.03. The molecule has 3 aromatic rings. The molecule has 0 spiro atoms. The second-order valence-corrected chi connectivity index (χ2v) is 6.69. The van der Waals surface area contributed by atoms with Crippen LogP contribution in [0.3, 0.4) is 0 Å². The first-order chi connectivity index (χ1) is 10.6. The number of hydrogen-bond acceptors (Lipinski definition) is 6. The molecule has 7 nitrogen and oxygen atoms in total. The minimum absolute atomic E-state index is 0.0835. The van der Waals surface area contributed by atoms with Gasteiger partial charge in [-0.1, -0.05) is 18.2 Å². The molecule has 112 valence electrons. The summed E-state index contributed by atoms with van der Waals surface area (Å²) in [7, 11) is -3.35. The number of pyridine rings is 1. The summed E-state index contributed by atoms with van der Waals surface area (Å²) in [5.41, 5.74) is 0.736. The molecule has 0 saturated carbocycles. The van der Waals surface area contributed by atoms with E-state index in [1.54, 1.807) is 48.8 Å². The molecule has 0 saturated heterocycles. The first-order valence-corrected chi connectivity index (χ1v) is 8.26. The van der Waals surface area contributed by atoms with Gasteiger partial charge in [0.05, 0.1) is 17.2 Å². The second kappa shape index (κ2) is 6.02. The Kier molecular flexibility index (Phi) is 3.92. The molecule has 8 heteroatoms. The summed E-state index contributed by atoms with van der Waals surface area (Å²) in [5, 5.41) is 11.9. The highest BCUT2D eigenvalue weighted by Gasteiger charge is 2.15. The number of hydrogen-bond donors (Lipinski definition) is 0. The van der Waals surface area contributed by atoms with Crippen LogP contribution in [0.5, 0.6) is 0 Å². The van der Waals surface area contributed by atoms with Gasteiger partial charge in [0, 0.05) is 18.0 Å². The number of tetrazole rings is 1. The highest BCUT2D eigenvalue weighted by molar-refractivity contribution is 7.91. The number of aryl methyl sites for hydroxylation is 1. The predicted octanol–water partition coefficient (Wildman–Crippen LogP) is 1.21. The summed E-state index contributed by atoms with van der Waals surface area (Å²) in [4.78, 5) is 5.56. The number of rotatable bonds is 5. The molecule has 3 rings (SSSR count). The number of benzene rings is 1. The van der Waals surface area contributed by atoms with E-state index in [2.05, 4.69) is 20.4 Å². The van der Waals surface area contributed by atoms with Crippen molar-refractivity contribution in [1.29, 1.82) is 0 Å². The summed E-state index contributed by atoms with van der Waals surface area (Å²) in [6.45, 7) is 0.143. The number of sulfone groups is 1. The Morgan fingerprint density at radius 2 is 1.86 bits per heavy atom. The average molecular weight is 315 g/mol. The molecule has 2 aromatic heterocycles. The zero-order chi connectivity index (χ0) is 15.4. The molecular weight excluding hydrogens is 302 g/mol. The van der Waals surface area contributed by atoms with Crippen molar-refractivity contribution >= 4 is 9.84 Å². The second-order valence-electron chi connectivity index (χ2n) is 4.58.